The number of aromatic nitrogens is 2. The number of amides is 1. The van der Waals surface area contributed by atoms with E-state index in [9.17, 15) is 9.59 Å². The summed E-state index contributed by atoms with van der Waals surface area (Å²) in [5, 5.41) is 8.29. The van der Waals surface area contributed by atoms with Gasteiger partial charge < -0.3 is 5.32 Å². The van der Waals surface area contributed by atoms with Gasteiger partial charge in [0.1, 0.15) is 0 Å². The van der Waals surface area contributed by atoms with Crippen LogP contribution >= 0.6 is 0 Å². The highest BCUT2D eigenvalue weighted by Gasteiger charge is 2.14. The molecule has 1 atom stereocenters. The summed E-state index contributed by atoms with van der Waals surface area (Å²) in [6.45, 7) is 3.85. The topological polar surface area (TPSA) is 64.0 Å². The van der Waals surface area contributed by atoms with Crippen LogP contribution in [-0.4, -0.2) is 21.6 Å². The van der Waals surface area contributed by atoms with Crippen LogP contribution in [0.5, 0.6) is 0 Å². The smallest absolute Gasteiger partial charge is 0.247 e. The molecule has 134 valence electrons. The Bertz CT molecular complexity index is 915. The van der Waals surface area contributed by atoms with Gasteiger partial charge in [0.05, 0.1) is 17.3 Å². The van der Waals surface area contributed by atoms with E-state index in [1.165, 1.54) is 4.68 Å². The summed E-state index contributed by atoms with van der Waals surface area (Å²) in [5.41, 5.74) is 2.72. The van der Waals surface area contributed by atoms with Gasteiger partial charge in [0.15, 0.2) is 0 Å². The van der Waals surface area contributed by atoms with E-state index < -0.39 is 0 Å². The molecule has 3 aromatic rings. The van der Waals surface area contributed by atoms with E-state index in [0.717, 1.165) is 22.2 Å². The Kier molecular flexibility index (Phi) is 5.46. The molecule has 0 radical (unpaired) electrons. The van der Waals surface area contributed by atoms with Gasteiger partial charge in [-0.1, -0.05) is 48.5 Å². The molecule has 0 spiro atoms. The van der Waals surface area contributed by atoms with Gasteiger partial charge in [-0.05, 0) is 31.9 Å². The average molecular weight is 349 g/mol. The molecule has 3 rings (SSSR count). The summed E-state index contributed by atoms with van der Waals surface area (Å²) in [6.07, 6.45) is 1.11. The number of fused-ring (bicyclic) bond motifs is 1. The zero-order chi connectivity index (χ0) is 18.5. The maximum Gasteiger partial charge on any atom is 0.247 e. The van der Waals surface area contributed by atoms with Crippen LogP contribution in [0.3, 0.4) is 0 Å². The van der Waals surface area contributed by atoms with Crippen molar-refractivity contribution in [1.29, 1.82) is 0 Å². The molecule has 1 heterocycles. The lowest BCUT2D eigenvalue weighted by Gasteiger charge is -2.14. The minimum Gasteiger partial charge on any atom is -0.350 e. The largest absolute Gasteiger partial charge is 0.350 e. The Morgan fingerprint density at radius 1 is 1.04 bits per heavy atom. The van der Waals surface area contributed by atoms with Crippen molar-refractivity contribution < 1.29 is 9.59 Å². The quantitative estimate of drug-likeness (QED) is 0.731. The first-order chi connectivity index (χ1) is 12.6. The van der Waals surface area contributed by atoms with E-state index >= 15 is 0 Å². The predicted molar refractivity (Wildman–Crippen MR) is 102 cm³/mol. The van der Waals surface area contributed by atoms with Crippen molar-refractivity contribution in [2.24, 2.45) is 0 Å². The number of benzene rings is 2. The molecule has 5 heteroatoms. The van der Waals surface area contributed by atoms with Crippen LogP contribution in [0, 0.1) is 6.92 Å². The molecular formula is C21H23N3O2. The van der Waals surface area contributed by atoms with E-state index in [2.05, 4.69) is 10.4 Å². The Labute approximate surface area is 153 Å². The number of nitrogens with one attached hydrogen (secondary N) is 1. The van der Waals surface area contributed by atoms with Gasteiger partial charge in [0.2, 0.25) is 11.8 Å². The van der Waals surface area contributed by atoms with Crippen molar-refractivity contribution >= 4 is 22.7 Å². The fourth-order valence-corrected chi connectivity index (χ4v) is 3.06. The molecule has 0 fully saturated rings. The van der Waals surface area contributed by atoms with Crippen LogP contribution in [0.1, 0.15) is 48.3 Å². The van der Waals surface area contributed by atoms with Crippen LogP contribution in [0.25, 0.3) is 10.9 Å². The van der Waals surface area contributed by atoms with Gasteiger partial charge in [0, 0.05) is 18.2 Å². The standard InChI is InChI=1S/C21H23N3O2/c1-15(17-9-4-3-5-10-17)22-20(25)13-8-14-21(26)24-19-12-7-6-11-18(19)16(2)23-24/h3-7,9-12,15H,8,13-14H2,1-2H3,(H,22,25)/t15-/m1/s1. The van der Waals surface area contributed by atoms with Gasteiger partial charge in [-0.2, -0.15) is 9.78 Å². The summed E-state index contributed by atoms with van der Waals surface area (Å²) < 4.78 is 1.45. The molecule has 2 aromatic carbocycles. The second-order valence-corrected chi connectivity index (χ2v) is 6.46. The molecule has 0 saturated carbocycles. The molecule has 1 N–H and O–H groups in total. The average Bonchev–Trinajstić information content (AvgIpc) is 2.99. The maximum atomic E-state index is 12.5. The lowest BCUT2D eigenvalue weighted by Crippen LogP contribution is -2.26. The highest BCUT2D eigenvalue weighted by molar-refractivity contribution is 5.92. The molecule has 0 aliphatic heterocycles. The lowest BCUT2D eigenvalue weighted by atomic mass is 10.1. The monoisotopic (exact) mass is 349 g/mol. The second-order valence-electron chi connectivity index (χ2n) is 6.46. The zero-order valence-corrected chi connectivity index (χ0v) is 15.1. The normalized spacial score (nSPS) is 12.1. The maximum absolute atomic E-state index is 12.5. The molecule has 1 aromatic heterocycles. The van der Waals surface area contributed by atoms with Gasteiger partial charge >= 0.3 is 0 Å². The first-order valence-corrected chi connectivity index (χ1v) is 8.88. The van der Waals surface area contributed by atoms with Crippen LogP contribution < -0.4 is 5.32 Å². The summed E-state index contributed by atoms with van der Waals surface area (Å²) in [6, 6.07) is 17.5. The van der Waals surface area contributed by atoms with Crippen LogP contribution in [0.2, 0.25) is 0 Å². The fraction of sp³-hybridized carbons (Fsp3) is 0.286. The van der Waals surface area contributed by atoms with E-state index in [1.807, 2.05) is 68.4 Å². The summed E-state index contributed by atoms with van der Waals surface area (Å²) >= 11 is 0. The van der Waals surface area contributed by atoms with E-state index in [1.54, 1.807) is 0 Å². The molecule has 5 nitrogen and oxygen atoms in total. The highest BCUT2D eigenvalue weighted by Crippen LogP contribution is 2.18. The van der Waals surface area contributed by atoms with Gasteiger partial charge in [0.25, 0.3) is 0 Å². The third-order valence-electron chi connectivity index (χ3n) is 4.48. The minimum absolute atomic E-state index is 0.0443. The van der Waals surface area contributed by atoms with Crippen LogP contribution in [0.15, 0.2) is 54.6 Å². The molecule has 1 amide bonds. The number of hydrogen-bond acceptors (Lipinski definition) is 3. The molecule has 0 aliphatic carbocycles. The molecule has 0 bridgehead atoms. The number of carbonyl (C=O) groups excluding carboxylic acids is 2. The fourth-order valence-electron chi connectivity index (χ4n) is 3.06. The van der Waals surface area contributed by atoms with Gasteiger partial charge in [-0.25, -0.2) is 0 Å². The molecule has 0 aliphatic rings. The van der Waals surface area contributed by atoms with Crippen molar-refractivity contribution in [2.75, 3.05) is 0 Å². The van der Waals surface area contributed by atoms with Gasteiger partial charge in [-0.3, -0.25) is 9.59 Å². The molecule has 0 saturated heterocycles. The number of rotatable bonds is 6. The highest BCUT2D eigenvalue weighted by atomic mass is 16.2. The number of hydrogen-bond donors (Lipinski definition) is 1. The van der Waals surface area contributed by atoms with E-state index in [-0.39, 0.29) is 24.3 Å². The van der Waals surface area contributed by atoms with Crippen molar-refractivity contribution in [1.82, 2.24) is 15.1 Å². The Morgan fingerprint density at radius 3 is 2.50 bits per heavy atom. The molecular weight excluding hydrogens is 326 g/mol. The number of para-hydroxylation sites is 1. The van der Waals surface area contributed by atoms with E-state index in [0.29, 0.717) is 12.8 Å². The van der Waals surface area contributed by atoms with E-state index in [4.69, 9.17) is 0 Å². The molecule has 26 heavy (non-hydrogen) atoms. The number of nitrogens with zero attached hydrogens (tertiary/aromatic N) is 2. The van der Waals surface area contributed by atoms with Crippen molar-refractivity contribution in [3.63, 3.8) is 0 Å². The SMILES string of the molecule is Cc1nn(C(=O)CCCC(=O)N[C@H](C)c2ccccc2)c2ccccc12. The zero-order valence-electron chi connectivity index (χ0n) is 15.1. The summed E-state index contributed by atoms with van der Waals surface area (Å²) in [5.74, 6) is -0.131. The Balaban J connectivity index is 1.52. The molecule has 0 unspecified atom stereocenters. The lowest BCUT2D eigenvalue weighted by molar-refractivity contribution is -0.121. The third kappa shape index (κ3) is 3.99. The van der Waals surface area contributed by atoms with Crippen LogP contribution in [-0.2, 0) is 4.79 Å². The Morgan fingerprint density at radius 2 is 1.73 bits per heavy atom. The minimum atomic E-state index is -0.0850. The Hall–Kier alpha value is -2.95. The van der Waals surface area contributed by atoms with Gasteiger partial charge in [-0.15, -0.1) is 0 Å². The van der Waals surface area contributed by atoms with Crippen LogP contribution in [0.4, 0.5) is 0 Å². The third-order valence-corrected chi connectivity index (χ3v) is 4.48. The second kappa shape index (κ2) is 7.95. The summed E-state index contributed by atoms with van der Waals surface area (Å²) in [4.78, 5) is 24.6. The number of aryl methyl sites for hydroxylation is 1. The number of carbonyl (C=O) groups is 2. The first kappa shape index (κ1) is 17.9. The summed E-state index contributed by atoms with van der Waals surface area (Å²) in [7, 11) is 0. The predicted octanol–water partition coefficient (Wildman–Crippen LogP) is 4.03. The first-order valence-electron chi connectivity index (χ1n) is 8.88. The van der Waals surface area contributed by atoms with Crippen molar-refractivity contribution in [3.8, 4) is 0 Å². The van der Waals surface area contributed by atoms with Crippen molar-refractivity contribution in [3.05, 3.63) is 65.9 Å². The van der Waals surface area contributed by atoms with Crippen molar-refractivity contribution in [2.45, 2.75) is 39.2 Å².